The van der Waals surface area contributed by atoms with Crippen LogP contribution in [0.1, 0.15) is 44.1 Å². The summed E-state index contributed by atoms with van der Waals surface area (Å²) in [5, 5.41) is 4.20. The Bertz CT molecular complexity index is 612. The summed E-state index contributed by atoms with van der Waals surface area (Å²) in [6, 6.07) is 10.3. The van der Waals surface area contributed by atoms with Crippen molar-refractivity contribution in [2.45, 2.75) is 44.6 Å². The first-order valence-electron chi connectivity index (χ1n) is 7.11. The zero-order valence-corrected chi connectivity index (χ0v) is 11.9. The van der Waals surface area contributed by atoms with E-state index in [1.54, 1.807) is 0 Å². The molecule has 1 heterocycles. The minimum atomic E-state index is -0.269. The van der Waals surface area contributed by atoms with E-state index in [0.717, 1.165) is 24.2 Å². The van der Waals surface area contributed by atoms with Gasteiger partial charge in [0.25, 0.3) is 0 Å². The van der Waals surface area contributed by atoms with Gasteiger partial charge in [0.15, 0.2) is 5.78 Å². The maximum absolute atomic E-state index is 12.7. The minimum absolute atomic E-state index is 0.229. The lowest BCUT2D eigenvalue weighted by Gasteiger charge is -2.15. The Morgan fingerprint density at radius 1 is 1.30 bits per heavy atom. The van der Waals surface area contributed by atoms with Gasteiger partial charge in [0.1, 0.15) is 12.2 Å². The topological polar surface area (TPSA) is 47.8 Å². The van der Waals surface area contributed by atoms with Crippen molar-refractivity contribution in [1.29, 1.82) is 0 Å². The van der Waals surface area contributed by atoms with Crippen LogP contribution >= 0.6 is 0 Å². The number of benzene rings is 1. The number of Topliss-reactive ketones (excluding diaryl/α,β-unsaturated/α-hetero) is 1. The van der Waals surface area contributed by atoms with Crippen LogP contribution < -0.4 is 0 Å². The molecule has 0 saturated heterocycles. The lowest BCUT2D eigenvalue weighted by atomic mass is 9.89. The first-order valence-corrected chi connectivity index (χ1v) is 7.11. The molecule has 0 aliphatic heterocycles. The Labute approximate surface area is 118 Å². The third-order valence-electron chi connectivity index (χ3n) is 4.07. The molecule has 3 rings (SSSR count). The molecule has 4 heteroatoms. The van der Waals surface area contributed by atoms with E-state index >= 15 is 0 Å². The quantitative estimate of drug-likeness (QED) is 0.838. The number of hydrogen-bond acceptors (Lipinski definition) is 3. The summed E-state index contributed by atoms with van der Waals surface area (Å²) >= 11 is 0. The Morgan fingerprint density at radius 3 is 2.60 bits per heavy atom. The van der Waals surface area contributed by atoms with Crippen molar-refractivity contribution in [3.63, 3.8) is 0 Å². The number of nitrogens with zero attached hydrogens (tertiary/aromatic N) is 3. The van der Waals surface area contributed by atoms with Crippen LogP contribution in [0, 0.1) is 0 Å². The van der Waals surface area contributed by atoms with Gasteiger partial charge in [0.05, 0.1) is 11.8 Å². The van der Waals surface area contributed by atoms with Crippen LogP contribution in [0.3, 0.4) is 0 Å². The molecule has 1 fully saturated rings. The summed E-state index contributed by atoms with van der Waals surface area (Å²) in [4.78, 5) is 16.9. The van der Waals surface area contributed by atoms with Gasteiger partial charge in [-0.05, 0) is 32.3 Å². The number of aromatic nitrogens is 3. The minimum Gasteiger partial charge on any atom is -0.298 e. The highest BCUT2D eigenvalue weighted by Crippen LogP contribution is 2.49. The van der Waals surface area contributed by atoms with E-state index in [-0.39, 0.29) is 17.2 Å². The second-order valence-corrected chi connectivity index (χ2v) is 5.76. The number of rotatable bonds is 5. The molecule has 1 aromatic carbocycles. The summed E-state index contributed by atoms with van der Waals surface area (Å²) in [5.41, 5.74) is 0.871. The number of carbonyl (C=O) groups is 1. The lowest BCUT2D eigenvalue weighted by molar-refractivity contribution is -0.121. The molecule has 1 aliphatic rings. The van der Waals surface area contributed by atoms with Crippen molar-refractivity contribution in [2.24, 2.45) is 0 Å². The standard InChI is InChI=1S/C16H19N3O/c1-12(2)19-15(17-11-18-19)10-14(20)16(8-9-16)13-6-4-3-5-7-13/h3-7,11-12H,8-10H2,1-2H3. The molecule has 0 N–H and O–H groups in total. The average Bonchev–Trinajstić information content (AvgIpc) is 3.14. The van der Waals surface area contributed by atoms with Crippen molar-refractivity contribution in [2.75, 3.05) is 0 Å². The van der Waals surface area contributed by atoms with Crippen LogP contribution in [0.5, 0.6) is 0 Å². The first kappa shape index (κ1) is 13.0. The molecule has 104 valence electrons. The molecule has 20 heavy (non-hydrogen) atoms. The van der Waals surface area contributed by atoms with Crippen molar-refractivity contribution in [1.82, 2.24) is 14.8 Å². The summed E-state index contributed by atoms with van der Waals surface area (Å²) in [6.45, 7) is 4.10. The van der Waals surface area contributed by atoms with Crippen LogP contribution in [0.2, 0.25) is 0 Å². The van der Waals surface area contributed by atoms with Crippen molar-refractivity contribution < 1.29 is 4.79 Å². The molecule has 1 saturated carbocycles. The van der Waals surface area contributed by atoms with Crippen molar-refractivity contribution in [3.05, 3.63) is 48.0 Å². The highest BCUT2D eigenvalue weighted by atomic mass is 16.1. The fraction of sp³-hybridized carbons (Fsp3) is 0.438. The van der Waals surface area contributed by atoms with Gasteiger partial charge in [0.2, 0.25) is 0 Å². The summed E-state index contributed by atoms with van der Waals surface area (Å²) in [5.74, 6) is 1.03. The lowest BCUT2D eigenvalue weighted by Crippen LogP contribution is -2.24. The van der Waals surface area contributed by atoms with Gasteiger partial charge < -0.3 is 0 Å². The molecule has 4 nitrogen and oxygen atoms in total. The number of hydrogen-bond donors (Lipinski definition) is 0. The van der Waals surface area contributed by atoms with Crippen LogP contribution in [0.25, 0.3) is 0 Å². The fourth-order valence-corrected chi connectivity index (χ4v) is 2.76. The number of carbonyl (C=O) groups excluding carboxylic acids is 1. The zero-order chi connectivity index (χ0) is 14.2. The van der Waals surface area contributed by atoms with Gasteiger partial charge in [0, 0.05) is 6.04 Å². The van der Waals surface area contributed by atoms with E-state index in [2.05, 4.69) is 22.2 Å². The SMILES string of the molecule is CC(C)n1ncnc1CC(=O)C1(c2ccccc2)CC1. The molecule has 0 spiro atoms. The summed E-state index contributed by atoms with van der Waals surface area (Å²) < 4.78 is 1.83. The third kappa shape index (κ3) is 2.15. The Balaban J connectivity index is 1.82. The number of ketones is 1. The van der Waals surface area contributed by atoms with Crippen molar-refractivity contribution >= 4 is 5.78 Å². The van der Waals surface area contributed by atoms with E-state index in [1.165, 1.54) is 6.33 Å². The molecule has 0 amide bonds. The van der Waals surface area contributed by atoms with E-state index in [1.807, 2.05) is 36.7 Å². The van der Waals surface area contributed by atoms with E-state index in [4.69, 9.17) is 0 Å². The van der Waals surface area contributed by atoms with Gasteiger partial charge >= 0.3 is 0 Å². The third-order valence-corrected chi connectivity index (χ3v) is 4.07. The molecule has 1 aromatic heterocycles. The maximum atomic E-state index is 12.7. The fourth-order valence-electron chi connectivity index (χ4n) is 2.76. The van der Waals surface area contributed by atoms with Gasteiger partial charge in [-0.3, -0.25) is 4.79 Å². The molecule has 2 aromatic rings. The van der Waals surface area contributed by atoms with Gasteiger partial charge in [-0.2, -0.15) is 5.10 Å². The largest absolute Gasteiger partial charge is 0.298 e. The normalized spacial score (nSPS) is 16.4. The van der Waals surface area contributed by atoms with Gasteiger partial charge in [-0.15, -0.1) is 0 Å². The second-order valence-electron chi connectivity index (χ2n) is 5.76. The maximum Gasteiger partial charge on any atom is 0.150 e. The Hall–Kier alpha value is -1.97. The second kappa shape index (κ2) is 4.85. The first-order chi connectivity index (χ1) is 9.63. The van der Waals surface area contributed by atoms with Crippen LogP contribution in [0.15, 0.2) is 36.7 Å². The molecule has 0 unspecified atom stereocenters. The Morgan fingerprint density at radius 2 is 2.00 bits per heavy atom. The predicted molar refractivity (Wildman–Crippen MR) is 76.5 cm³/mol. The summed E-state index contributed by atoms with van der Waals surface area (Å²) in [7, 11) is 0. The monoisotopic (exact) mass is 269 g/mol. The zero-order valence-electron chi connectivity index (χ0n) is 11.9. The van der Waals surface area contributed by atoms with Crippen LogP contribution in [0.4, 0.5) is 0 Å². The van der Waals surface area contributed by atoms with E-state index in [9.17, 15) is 4.79 Å². The Kier molecular flexibility index (Phi) is 3.16. The smallest absolute Gasteiger partial charge is 0.150 e. The van der Waals surface area contributed by atoms with E-state index < -0.39 is 0 Å². The molecule has 0 atom stereocenters. The molecule has 0 radical (unpaired) electrons. The average molecular weight is 269 g/mol. The predicted octanol–water partition coefficient (Wildman–Crippen LogP) is 2.70. The van der Waals surface area contributed by atoms with Crippen LogP contribution in [-0.2, 0) is 16.6 Å². The van der Waals surface area contributed by atoms with Crippen molar-refractivity contribution in [3.8, 4) is 0 Å². The molecule has 0 bridgehead atoms. The van der Waals surface area contributed by atoms with Crippen LogP contribution in [-0.4, -0.2) is 20.5 Å². The highest BCUT2D eigenvalue weighted by Gasteiger charge is 2.50. The van der Waals surface area contributed by atoms with E-state index in [0.29, 0.717) is 6.42 Å². The highest BCUT2D eigenvalue weighted by molar-refractivity contribution is 5.94. The molecular formula is C16H19N3O. The summed E-state index contributed by atoms with van der Waals surface area (Å²) in [6.07, 6.45) is 3.80. The molecular weight excluding hydrogens is 250 g/mol. The molecule has 1 aliphatic carbocycles. The van der Waals surface area contributed by atoms with Gasteiger partial charge in [-0.1, -0.05) is 30.3 Å². The van der Waals surface area contributed by atoms with Gasteiger partial charge in [-0.25, -0.2) is 9.67 Å².